The maximum Gasteiger partial charge on any atom is 0.0594 e. The fourth-order valence-electron chi connectivity index (χ4n) is 2.41. The summed E-state index contributed by atoms with van der Waals surface area (Å²) < 4.78 is 5.38. The van der Waals surface area contributed by atoms with Gasteiger partial charge in [0.05, 0.1) is 13.2 Å². The zero-order valence-electron chi connectivity index (χ0n) is 11.2. The minimum Gasteiger partial charge on any atom is -0.379 e. The summed E-state index contributed by atoms with van der Waals surface area (Å²) in [5, 5.41) is 0. The molecular weight excluding hydrogens is 242 g/mol. The molecule has 1 saturated heterocycles. The van der Waals surface area contributed by atoms with E-state index in [1.807, 2.05) is 0 Å². The second-order valence-electron chi connectivity index (χ2n) is 4.94. The van der Waals surface area contributed by atoms with Crippen LogP contribution in [0.25, 0.3) is 0 Å². The van der Waals surface area contributed by atoms with Gasteiger partial charge in [-0.3, -0.25) is 4.90 Å². The minimum atomic E-state index is 0.501. The predicted octanol–water partition coefficient (Wildman–Crippen LogP) is 2.82. The molecule has 18 heavy (non-hydrogen) atoms. The Morgan fingerprint density at radius 1 is 1.33 bits per heavy atom. The van der Waals surface area contributed by atoms with Crippen LogP contribution in [0.15, 0.2) is 24.3 Å². The summed E-state index contributed by atoms with van der Waals surface area (Å²) in [6.45, 7) is 8.13. The van der Waals surface area contributed by atoms with Gasteiger partial charge in [0, 0.05) is 24.0 Å². The van der Waals surface area contributed by atoms with Crippen molar-refractivity contribution < 1.29 is 4.74 Å². The van der Waals surface area contributed by atoms with Gasteiger partial charge in [-0.15, -0.1) is 0 Å². The highest BCUT2D eigenvalue weighted by molar-refractivity contribution is 7.80. The molecule has 1 fully saturated rings. The Hall–Kier alpha value is -0.770. The molecule has 0 amide bonds. The third kappa shape index (κ3) is 3.37. The molecule has 1 heterocycles. The Balaban J connectivity index is 1.96. The molecule has 1 aromatic carbocycles. The number of nitrogens with zero attached hydrogens (tertiary/aromatic N) is 1. The van der Waals surface area contributed by atoms with Crippen molar-refractivity contribution in [2.75, 3.05) is 26.3 Å². The van der Waals surface area contributed by atoms with Crippen LogP contribution in [0, 0.1) is 6.92 Å². The first-order chi connectivity index (χ1) is 8.68. The Labute approximate surface area is 115 Å². The Morgan fingerprint density at radius 2 is 2.00 bits per heavy atom. The van der Waals surface area contributed by atoms with Crippen LogP contribution in [-0.4, -0.2) is 42.1 Å². The minimum absolute atomic E-state index is 0.501. The average molecular weight is 263 g/mol. The number of benzene rings is 1. The number of hydrogen-bond acceptors (Lipinski definition) is 3. The second kappa shape index (κ2) is 6.41. The maximum atomic E-state index is 5.60. The van der Waals surface area contributed by atoms with Gasteiger partial charge in [0.15, 0.2) is 0 Å². The topological polar surface area (TPSA) is 12.5 Å². The third-order valence-corrected chi connectivity index (χ3v) is 3.98. The van der Waals surface area contributed by atoms with Crippen LogP contribution in [0.4, 0.5) is 0 Å². The van der Waals surface area contributed by atoms with E-state index in [2.05, 4.69) is 43.0 Å². The van der Waals surface area contributed by atoms with E-state index in [0.29, 0.717) is 6.04 Å². The smallest absolute Gasteiger partial charge is 0.0594 e. The molecule has 3 heteroatoms. The number of thiocarbonyl (C=S) groups is 1. The number of aryl methyl sites for hydroxylation is 1. The van der Waals surface area contributed by atoms with Crippen molar-refractivity contribution in [3.05, 3.63) is 35.4 Å². The number of ether oxygens (including phenoxy) is 1. The summed E-state index contributed by atoms with van der Waals surface area (Å²) in [5.74, 6) is 0. The van der Waals surface area contributed by atoms with Crippen LogP contribution in [0.2, 0.25) is 0 Å². The first kappa shape index (κ1) is 13.7. The molecule has 0 bridgehead atoms. The summed E-state index contributed by atoms with van der Waals surface area (Å²) in [6.07, 6.45) is 0.959. The van der Waals surface area contributed by atoms with Crippen LogP contribution in [0.3, 0.4) is 0 Å². The molecule has 1 aromatic rings. The van der Waals surface area contributed by atoms with Crippen LogP contribution in [-0.2, 0) is 4.74 Å². The number of rotatable bonds is 4. The van der Waals surface area contributed by atoms with Crippen LogP contribution >= 0.6 is 12.2 Å². The molecule has 0 aliphatic carbocycles. The van der Waals surface area contributed by atoms with Gasteiger partial charge in [-0.1, -0.05) is 36.5 Å². The van der Waals surface area contributed by atoms with E-state index in [-0.39, 0.29) is 0 Å². The standard InChI is InChI=1S/C15H21NOS/c1-12-5-3-4-6-14(12)15(18)11-13(2)16-7-9-17-10-8-16/h3-6,13H,7-11H2,1-2H3. The third-order valence-electron chi connectivity index (χ3n) is 3.60. The molecule has 1 aliphatic rings. The van der Waals surface area contributed by atoms with E-state index in [1.165, 1.54) is 11.1 Å². The van der Waals surface area contributed by atoms with E-state index in [4.69, 9.17) is 17.0 Å². The molecule has 98 valence electrons. The molecule has 1 unspecified atom stereocenters. The average Bonchev–Trinajstić information content (AvgIpc) is 2.40. The van der Waals surface area contributed by atoms with Gasteiger partial charge in [0.2, 0.25) is 0 Å². The summed E-state index contributed by atoms with van der Waals surface area (Å²) in [6, 6.07) is 8.88. The van der Waals surface area contributed by atoms with Gasteiger partial charge in [-0.25, -0.2) is 0 Å². The van der Waals surface area contributed by atoms with Crippen LogP contribution in [0.1, 0.15) is 24.5 Å². The van der Waals surface area contributed by atoms with Crippen molar-refractivity contribution in [2.24, 2.45) is 0 Å². The summed E-state index contributed by atoms with van der Waals surface area (Å²) in [5.41, 5.74) is 2.50. The maximum absolute atomic E-state index is 5.60. The lowest BCUT2D eigenvalue weighted by molar-refractivity contribution is 0.0217. The molecule has 0 N–H and O–H groups in total. The molecule has 0 aromatic heterocycles. The van der Waals surface area contributed by atoms with Gasteiger partial charge in [-0.2, -0.15) is 0 Å². The van der Waals surface area contributed by atoms with E-state index in [9.17, 15) is 0 Å². The van der Waals surface area contributed by atoms with Crippen molar-refractivity contribution >= 4 is 17.1 Å². The van der Waals surface area contributed by atoms with E-state index >= 15 is 0 Å². The van der Waals surface area contributed by atoms with Gasteiger partial charge >= 0.3 is 0 Å². The zero-order valence-corrected chi connectivity index (χ0v) is 12.0. The fraction of sp³-hybridized carbons (Fsp3) is 0.533. The first-order valence-corrected chi connectivity index (χ1v) is 7.00. The molecule has 1 aliphatic heterocycles. The Bertz CT molecular complexity index is 413. The molecular formula is C15H21NOS. The van der Waals surface area contributed by atoms with Crippen LogP contribution in [0.5, 0.6) is 0 Å². The van der Waals surface area contributed by atoms with Crippen molar-refractivity contribution in [1.82, 2.24) is 4.90 Å². The van der Waals surface area contributed by atoms with Crippen molar-refractivity contribution in [1.29, 1.82) is 0 Å². The zero-order chi connectivity index (χ0) is 13.0. The summed E-state index contributed by atoms with van der Waals surface area (Å²) in [4.78, 5) is 3.54. The molecule has 0 spiro atoms. The van der Waals surface area contributed by atoms with Gasteiger partial charge in [-0.05, 0) is 31.4 Å². The fourth-order valence-corrected chi connectivity index (χ4v) is 2.88. The highest BCUT2D eigenvalue weighted by Crippen LogP contribution is 2.15. The lowest BCUT2D eigenvalue weighted by atomic mass is 10.0. The number of hydrogen-bond donors (Lipinski definition) is 0. The normalized spacial score (nSPS) is 18.6. The molecule has 2 rings (SSSR count). The SMILES string of the molecule is Cc1ccccc1C(=S)CC(C)N1CCOCC1. The molecule has 0 radical (unpaired) electrons. The molecule has 2 nitrogen and oxygen atoms in total. The van der Waals surface area contributed by atoms with Gasteiger partial charge < -0.3 is 4.74 Å². The Kier molecular flexibility index (Phi) is 4.87. The molecule has 1 atom stereocenters. The second-order valence-corrected chi connectivity index (χ2v) is 5.43. The van der Waals surface area contributed by atoms with Gasteiger partial charge in [0.25, 0.3) is 0 Å². The van der Waals surface area contributed by atoms with Crippen LogP contribution < -0.4 is 0 Å². The summed E-state index contributed by atoms with van der Waals surface area (Å²) >= 11 is 5.60. The van der Waals surface area contributed by atoms with Crippen molar-refractivity contribution in [2.45, 2.75) is 26.3 Å². The summed E-state index contributed by atoms with van der Waals surface area (Å²) in [7, 11) is 0. The highest BCUT2D eigenvalue weighted by Gasteiger charge is 2.18. The lowest BCUT2D eigenvalue weighted by Gasteiger charge is -2.32. The largest absolute Gasteiger partial charge is 0.379 e. The predicted molar refractivity (Wildman–Crippen MR) is 79.4 cm³/mol. The van der Waals surface area contributed by atoms with Crippen molar-refractivity contribution in [3.63, 3.8) is 0 Å². The quantitative estimate of drug-likeness (QED) is 0.612. The number of morpholine rings is 1. The monoisotopic (exact) mass is 263 g/mol. The lowest BCUT2D eigenvalue weighted by Crippen LogP contribution is -2.42. The highest BCUT2D eigenvalue weighted by atomic mass is 32.1. The van der Waals surface area contributed by atoms with E-state index in [1.54, 1.807) is 0 Å². The van der Waals surface area contributed by atoms with Crippen molar-refractivity contribution in [3.8, 4) is 0 Å². The molecule has 0 saturated carbocycles. The Morgan fingerprint density at radius 3 is 2.67 bits per heavy atom. The van der Waals surface area contributed by atoms with E-state index < -0.39 is 0 Å². The van der Waals surface area contributed by atoms with E-state index in [0.717, 1.165) is 37.6 Å². The first-order valence-electron chi connectivity index (χ1n) is 6.59. The van der Waals surface area contributed by atoms with Gasteiger partial charge in [0.1, 0.15) is 0 Å².